The molecule has 7 heteroatoms. The van der Waals surface area contributed by atoms with Crippen LogP contribution in [0.25, 0.3) is 0 Å². The Morgan fingerprint density at radius 1 is 0.920 bits per heavy atom. The molecule has 2 rings (SSSR count). The second-order valence-corrected chi connectivity index (χ2v) is 9.92. The lowest BCUT2D eigenvalue weighted by Crippen LogP contribution is -2.11. The van der Waals surface area contributed by atoms with Crippen molar-refractivity contribution in [3.8, 4) is 5.75 Å². The zero-order valence-electron chi connectivity index (χ0n) is 14.7. The van der Waals surface area contributed by atoms with Crippen LogP contribution in [-0.4, -0.2) is 22.6 Å². The monoisotopic (exact) mass is 382 g/mol. The van der Waals surface area contributed by atoms with E-state index >= 15 is 0 Å². The van der Waals surface area contributed by atoms with Gasteiger partial charge in [0.05, 0.1) is 10.6 Å². The fraction of sp³-hybridized carbons (Fsp3) is 0.333. The van der Waals surface area contributed by atoms with Gasteiger partial charge in [-0.1, -0.05) is 32.9 Å². The molecule has 2 aromatic rings. The van der Waals surface area contributed by atoms with E-state index in [9.17, 15) is 16.8 Å². The summed E-state index contributed by atoms with van der Waals surface area (Å²) in [5, 5.41) is 0. The van der Waals surface area contributed by atoms with Gasteiger partial charge in [-0.2, -0.15) is 8.42 Å². The second kappa shape index (κ2) is 7.17. The summed E-state index contributed by atoms with van der Waals surface area (Å²) in [5.41, 5.74) is 1.68. The molecule has 0 aliphatic carbocycles. The minimum atomic E-state index is -4.04. The zero-order chi connectivity index (χ0) is 18.8. The molecule has 25 heavy (non-hydrogen) atoms. The van der Waals surface area contributed by atoms with Crippen molar-refractivity contribution in [2.45, 2.75) is 43.4 Å². The lowest BCUT2D eigenvalue weighted by molar-refractivity contribution is 0.483. The summed E-state index contributed by atoms with van der Waals surface area (Å²) < 4.78 is 53.9. The molecule has 0 spiro atoms. The van der Waals surface area contributed by atoms with E-state index in [1.807, 2.05) is 26.0 Å². The van der Waals surface area contributed by atoms with Gasteiger partial charge in [0, 0.05) is 0 Å². The molecule has 0 fully saturated rings. The van der Waals surface area contributed by atoms with Gasteiger partial charge in [-0.05, 0) is 54.3 Å². The number of hydrogen-bond acceptors (Lipinski definition) is 5. The van der Waals surface area contributed by atoms with Crippen molar-refractivity contribution in [2.75, 3.05) is 5.75 Å². The van der Waals surface area contributed by atoms with Gasteiger partial charge in [0.2, 0.25) is 0 Å². The average molecular weight is 383 g/mol. The third-order valence-electron chi connectivity index (χ3n) is 3.93. The Labute approximate surface area is 149 Å². The predicted octanol–water partition coefficient (Wildman–Crippen LogP) is 3.68. The predicted molar refractivity (Wildman–Crippen MR) is 97.3 cm³/mol. The quantitative estimate of drug-likeness (QED) is 0.712. The standard InChI is InChI=1S/C18H22O5S2/c1-5-24(19,20)16-8-10-17(11-9-16)25(21,22)23-18-12-15(13(2)3)7-6-14(18)4/h6-13H,5H2,1-4H3. The van der Waals surface area contributed by atoms with Crippen LogP contribution in [0.15, 0.2) is 52.3 Å². The van der Waals surface area contributed by atoms with Crippen LogP contribution in [0, 0.1) is 6.92 Å². The Kier molecular flexibility index (Phi) is 5.58. The maximum atomic E-state index is 12.5. The molecule has 5 nitrogen and oxygen atoms in total. The first-order valence-electron chi connectivity index (χ1n) is 7.94. The van der Waals surface area contributed by atoms with Gasteiger partial charge in [0.25, 0.3) is 0 Å². The Bertz CT molecular complexity index is 957. The molecular weight excluding hydrogens is 360 g/mol. The molecule has 0 atom stereocenters. The smallest absolute Gasteiger partial charge is 0.339 e. The summed E-state index contributed by atoms with van der Waals surface area (Å²) >= 11 is 0. The number of benzene rings is 2. The minimum Gasteiger partial charge on any atom is -0.379 e. The van der Waals surface area contributed by atoms with Crippen LogP contribution in [0.1, 0.15) is 37.8 Å². The molecule has 0 N–H and O–H groups in total. The van der Waals surface area contributed by atoms with Gasteiger partial charge in [0.15, 0.2) is 9.84 Å². The minimum absolute atomic E-state index is 0.0449. The average Bonchev–Trinajstić information content (AvgIpc) is 2.56. The largest absolute Gasteiger partial charge is 0.379 e. The van der Waals surface area contributed by atoms with Crippen molar-refractivity contribution in [3.63, 3.8) is 0 Å². The summed E-state index contributed by atoms with van der Waals surface area (Å²) in [6.07, 6.45) is 0. The van der Waals surface area contributed by atoms with Crippen molar-refractivity contribution >= 4 is 20.0 Å². The molecule has 0 radical (unpaired) electrons. The fourth-order valence-electron chi connectivity index (χ4n) is 2.21. The van der Waals surface area contributed by atoms with Crippen LogP contribution in [0.5, 0.6) is 5.75 Å². The molecular formula is C18H22O5S2. The van der Waals surface area contributed by atoms with Gasteiger partial charge in [-0.15, -0.1) is 0 Å². The highest BCUT2D eigenvalue weighted by atomic mass is 32.2. The SMILES string of the molecule is CCS(=O)(=O)c1ccc(S(=O)(=O)Oc2cc(C(C)C)ccc2C)cc1. The van der Waals surface area contributed by atoms with E-state index in [4.69, 9.17) is 4.18 Å². The maximum absolute atomic E-state index is 12.5. The van der Waals surface area contributed by atoms with E-state index in [0.29, 0.717) is 5.56 Å². The van der Waals surface area contributed by atoms with Crippen LogP contribution in [0.4, 0.5) is 0 Å². The molecule has 0 saturated carbocycles. The van der Waals surface area contributed by atoms with Gasteiger partial charge in [-0.3, -0.25) is 0 Å². The summed E-state index contributed by atoms with van der Waals surface area (Å²) in [6, 6.07) is 10.5. The van der Waals surface area contributed by atoms with Crippen molar-refractivity contribution in [3.05, 3.63) is 53.6 Å². The van der Waals surface area contributed by atoms with Gasteiger partial charge >= 0.3 is 10.1 Å². The van der Waals surface area contributed by atoms with E-state index in [2.05, 4.69) is 0 Å². The van der Waals surface area contributed by atoms with Gasteiger partial charge in [0.1, 0.15) is 10.6 Å². The first-order chi connectivity index (χ1) is 11.6. The van der Waals surface area contributed by atoms with Gasteiger partial charge in [-0.25, -0.2) is 8.42 Å². The molecule has 0 saturated heterocycles. The molecule has 0 amide bonds. The van der Waals surface area contributed by atoms with E-state index in [1.54, 1.807) is 13.0 Å². The van der Waals surface area contributed by atoms with E-state index in [1.165, 1.54) is 31.2 Å². The van der Waals surface area contributed by atoms with Crippen LogP contribution in [-0.2, 0) is 20.0 Å². The van der Waals surface area contributed by atoms with Crippen LogP contribution < -0.4 is 4.18 Å². The van der Waals surface area contributed by atoms with Gasteiger partial charge < -0.3 is 4.18 Å². The Morgan fingerprint density at radius 3 is 2.00 bits per heavy atom. The molecule has 0 aromatic heterocycles. The lowest BCUT2D eigenvalue weighted by Gasteiger charge is -2.13. The molecule has 0 unspecified atom stereocenters. The van der Waals surface area contributed by atoms with E-state index in [0.717, 1.165) is 5.56 Å². The summed E-state index contributed by atoms with van der Waals surface area (Å²) in [4.78, 5) is 0.00355. The lowest BCUT2D eigenvalue weighted by atomic mass is 10.0. The van der Waals surface area contributed by atoms with Crippen LogP contribution in [0.2, 0.25) is 0 Å². The van der Waals surface area contributed by atoms with Crippen molar-refractivity contribution in [1.29, 1.82) is 0 Å². The molecule has 0 bridgehead atoms. The number of aryl methyl sites for hydroxylation is 1. The molecule has 0 aliphatic heterocycles. The van der Waals surface area contributed by atoms with Crippen LogP contribution in [0.3, 0.4) is 0 Å². The highest BCUT2D eigenvalue weighted by Gasteiger charge is 2.20. The molecule has 0 heterocycles. The number of sulfone groups is 1. The summed E-state index contributed by atoms with van der Waals surface area (Å²) in [7, 11) is -7.42. The normalized spacial score (nSPS) is 12.4. The first-order valence-corrected chi connectivity index (χ1v) is 11.0. The fourth-order valence-corrected chi connectivity index (χ4v) is 4.08. The summed E-state index contributed by atoms with van der Waals surface area (Å²) in [6.45, 7) is 7.32. The highest BCUT2D eigenvalue weighted by Crippen LogP contribution is 2.27. The molecule has 2 aromatic carbocycles. The third kappa shape index (κ3) is 4.41. The maximum Gasteiger partial charge on any atom is 0.339 e. The number of hydrogen-bond donors (Lipinski definition) is 0. The molecule has 0 aliphatic rings. The summed E-state index contributed by atoms with van der Waals surface area (Å²) in [5.74, 6) is 0.470. The topological polar surface area (TPSA) is 77.5 Å². The second-order valence-electron chi connectivity index (χ2n) is 6.09. The van der Waals surface area contributed by atoms with E-state index in [-0.39, 0.29) is 27.2 Å². The van der Waals surface area contributed by atoms with Crippen molar-refractivity contribution < 1.29 is 21.0 Å². The van der Waals surface area contributed by atoms with E-state index < -0.39 is 20.0 Å². The Hall–Kier alpha value is -1.86. The van der Waals surface area contributed by atoms with Crippen molar-refractivity contribution in [2.24, 2.45) is 0 Å². The third-order valence-corrected chi connectivity index (χ3v) is 6.93. The molecule has 136 valence electrons. The number of rotatable bonds is 6. The first kappa shape index (κ1) is 19.5. The van der Waals surface area contributed by atoms with Crippen LogP contribution >= 0.6 is 0 Å². The van der Waals surface area contributed by atoms with Crippen molar-refractivity contribution in [1.82, 2.24) is 0 Å². The highest BCUT2D eigenvalue weighted by molar-refractivity contribution is 7.91. The zero-order valence-corrected chi connectivity index (χ0v) is 16.3. The Morgan fingerprint density at radius 2 is 1.48 bits per heavy atom. The Balaban J connectivity index is 2.36.